The van der Waals surface area contributed by atoms with Crippen molar-refractivity contribution in [3.05, 3.63) is 70.8 Å². The van der Waals surface area contributed by atoms with Crippen molar-refractivity contribution in [2.24, 2.45) is 0 Å². The molecule has 106 valence electrons. The van der Waals surface area contributed by atoms with E-state index in [-0.39, 0.29) is 11.3 Å². The lowest BCUT2D eigenvalue weighted by Crippen LogP contribution is -2.03. The first-order valence-corrected chi connectivity index (χ1v) is 6.57. The Morgan fingerprint density at radius 3 is 2.71 bits per heavy atom. The number of carbonyl (C=O) groups is 1. The number of hydrogen-bond donors (Lipinski definition) is 0. The van der Waals surface area contributed by atoms with E-state index in [1.165, 1.54) is 24.3 Å². The molecule has 0 fully saturated rings. The number of halogens is 2. The Bertz CT molecular complexity index is 735. The molecule has 1 aliphatic rings. The molecule has 1 heterocycles. The highest BCUT2D eigenvalue weighted by Gasteiger charge is 2.22. The van der Waals surface area contributed by atoms with Gasteiger partial charge in [-0.3, -0.25) is 4.79 Å². The van der Waals surface area contributed by atoms with E-state index < -0.39 is 11.6 Å². The summed E-state index contributed by atoms with van der Waals surface area (Å²) in [6.45, 7) is 0.296. The maximum Gasteiger partial charge on any atom is 0.192 e. The molecule has 0 radical (unpaired) electrons. The van der Waals surface area contributed by atoms with Crippen molar-refractivity contribution in [2.75, 3.05) is 6.61 Å². The third-order valence-electron chi connectivity index (χ3n) is 3.34. The molecule has 0 aliphatic carbocycles. The smallest absolute Gasteiger partial charge is 0.192 e. The summed E-state index contributed by atoms with van der Waals surface area (Å²) in [5.74, 6) is -0.871. The minimum absolute atomic E-state index is 0.176. The Labute approximate surface area is 120 Å². The summed E-state index contributed by atoms with van der Waals surface area (Å²) in [6, 6.07) is 10.0. The zero-order valence-corrected chi connectivity index (χ0v) is 11.1. The fourth-order valence-electron chi connectivity index (χ4n) is 2.28. The number of carbonyl (C=O) groups excluding carboxylic acids is 1. The first-order chi connectivity index (χ1) is 10.1. The van der Waals surface area contributed by atoms with Gasteiger partial charge in [-0.15, -0.1) is 0 Å². The van der Waals surface area contributed by atoms with Crippen LogP contribution >= 0.6 is 0 Å². The van der Waals surface area contributed by atoms with Gasteiger partial charge in [0, 0.05) is 17.6 Å². The third kappa shape index (κ3) is 2.70. The normalized spacial score (nSPS) is 16.3. The molecular weight excluding hydrogens is 274 g/mol. The van der Waals surface area contributed by atoms with Crippen LogP contribution in [0.25, 0.3) is 6.08 Å². The van der Waals surface area contributed by atoms with Crippen LogP contribution in [0.3, 0.4) is 0 Å². The van der Waals surface area contributed by atoms with E-state index in [4.69, 9.17) is 4.74 Å². The Morgan fingerprint density at radius 1 is 1.10 bits per heavy atom. The molecule has 3 rings (SSSR count). The number of hydrogen-bond acceptors (Lipinski definition) is 2. The molecule has 21 heavy (non-hydrogen) atoms. The van der Waals surface area contributed by atoms with Gasteiger partial charge in [0.05, 0.1) is 12.2 Å². The standard InChI is InChI=1S/C17H12F2O2/c18-13-5-6-16-14(10-13)17(20)12(7-8-21-16)9-11-3-1-2-4-15(11)19/h1-6,9-10H,7-8H2. The molecule has 1 aliphatic heterocycles. The van der Waals surface area contributed by atoms with E-state index in [9.17, 15) is 13.6 Å². The lowest BCUT2D eigenvalue weighted by Gasteiger charge is -2.05. The van der Waals surface area contributed by atoms with E-state index in [1.54, 1.807) is 18.2 Å². The molecule has 0 atom stereocenters. The summed E-state index contributed by atoms with van der Waals surface area (Å²) < 4.78 is 32.5. The fourth-order valence-corrected chi connectivity index (χ4v) is 2.28. The Morgan fingerprint density at radius 2 is 1.90 bits per heavy atom. The molecule has 0 N–H and O–H groups in total. The van der Waals surface area contributed by atoms with Gasteiger partial charge in [-0.1, -0.05) is 18.2 Å². The van der Waals surface area contributed by atoms with Crippen molar-refractivity contribution in [3.63, 3.8) is 0 Å². The molecule has 0 spiro atoms. The maximum atomic E-state index is 13.7. The van der Waals surface area contributed by atoms with E-state index in [0.717, 1.165) is 6.07 Å². The number of rotatable bonds is 1. The molecule has 2 aromatic rings. The molecule has 0 saturated heterocycles. The van der Waals surface area contributed by atoms with Gasteiger partial charge in [0.1, 0.15) is 17.4 Å². The summed E-state index contributed by atoms with van der Waals surface area (Å²) in [5.41, 5.74) is 0.917. The van der Waals surface area contributed by atoms with Crippen molar-refractivity contribution in [2.45, 2.75) is 6.42 Å². The minimum atomic E-state index is -0.502. The zero-order valence-electron chi connectivity index (χ0n) is 11.1. The largest absolute Gasteiger partial charge is 0.492 e. The number of fused-ring (bicyclic) bond motifs is 1. The van der Waals surface area contributed by atoms with Gasteiger partial charge in [0.15, 0.2) is 5.78 Å². The van der Waals surface area contributed by atoms with Crippen LogP contribution in [0.2, 0.25) is 0 Å². The van der Waals surface area contributed by atoms with E-state index >= 15 is 0 Å². The van der Waals surface area contributed by atoms with Crippen LogP contribution in [0.4, 0.5) is 8.78 Å². The minimum Gasteiger partial charge on any atom is -0.492 e. The van der Waals surface area contributed by atoms with Crippen LogP contribution < -0.4 is 4.74 Å². The second-order valence-corrected chi connectivity index (χ2v) is 4.76. The predicted molar refractivity (Wildman–Crippen MR) is 75.2 cm³/mol. The number of benzene rings is 2. The van der Waals surface area contributed by atoms with Gasteiger partial charge in [-0.05, 0) is 30.3 Å². The lowest BCUT2D eigenvalue weighted by molar-refractivity contribution is 0.103. The molecule has 0 saturated carbocycles. The molecular formula is C17H12F2O2. The van der Waals surface area contributed by atoms with Crippen molar-refractivity contribution in [1.82, 2.24) is 0 Å². The molecule has 2 aromatic carbocycles. The number of ether oxygens (including phenoxy) is 1. The van der Waals surface area contributed by atoms with Crippen LogP contribution in [-0.2, 0) is 0 Å². The molecule has 0 bridgehead atoms. The van der Waals surface area contributed by atoms with Crippen molar-refractivity contribution in [3.8, 4) is 5.75 Å². The average molecular weight is 286 g/mol. The quantitative estimate of drug-likeness (QED) is 0.740. The van der Waals surface area contributed by atoms with Gasteiger partial charge in [-0.2, -0.15) is 0 Å². The first-order valence-electron chi connectivity index (χ1n) is 6.57. The average Bonchev–Trinajstić information content (AvgIpc) is 2.62. The van der Waals surface area contributed by atoms with Crippen LogP contribution in [0.1, 0.15) is 22.3 Å². The summed E-state index contributed by atoms with van der Waals surface area (Å²) >= 11 is 0. The topological polar surface area (TPSA) is 26.3 Å². The molecule has 0 unspecified atom stereocenters. The highest BCUT2D eigenvalue weighted by Crippen LogP contribution is 2.28. The van der Waals surface area contributed by atoms with Crippen molar-refractivity contribution >= 4 is 11.9 Å². The van der Waals surface area contributed by atoms with Gasteiger partial charge in [0.2, 0.25) is 0 Å². The van der Waals surface area contributed by atoms with Crippen molar-refractivity contribution < 1.29 is 18.3 Å². The van der Waals surface area contributed by atoms with Crippen LogP contribution in [0.15, 0.2) is 48.0 Å². The fraction of sp³-hybridized carbons (Fsp3) is 0.118. The molecule has 4 heteroatoms. The summed E-state index contributed by atoms with van der Waals surface area (Å²) in [5, 5.41) is 0. The maximum absolute atomic E-state index is 13.7. The van der Waals surface area contributed by atoms with Crippen LogP contribution in [0, 0.1) is 11.6 Å². The van der Waals surface area contributed by atoms with Gasteiger partial charge in [0.25, 0.3) is 0 Å². The van der Waals surface area contributed by atoms with E-state index in [2.05, 4.69) is 0 Å². The SMILES string of the molecule is O=C1C(=Cc2ccccc2F)CCOc2ccc(F)cc21. The third-order valence-corrected chi connectivity index (χ3v) is 3.34. The zero-order chi connectivity index (χ0) is 14.8. The van der Waals surface area contributed by atoms with Gasteiger partial charge < -0.3 is 4.74 Å². The Balaban J connectivity index is 2.05. The van der Waals surface area contributed by atoms with Gasteiger partial charge in [-0.25, -0.2) is 8.78 Å². The monoisotopic (exact) mass is 286 g/mol. The van der Waals surface area contributed by atoms with E-state index in [0.29, 0.717) is 29.9 Å². The molecule has 0 amide bonds. The van der Waals surface area contributed by atoms with E-state index in [1.807, 2.05) is 0 Å². The Kier molecular flexibility index (Phi) is 3.52. The molecule has 0 aromatic heterocycles. The van der Waals surface area contributed by atoms with Crippen LogP contribution in [0.5, 0.6) is 5.75 Å². The number of ketones is 1. The second kappa shape index (κ2) is 5.48. The number of Topliss-reactive ketones (excluding diaryl/α,β-unsaturated/α-hetero) is 1. The summed E-state index contributed by atoms with van der Waals surface area (Å²) in [6.07, 6.45) is 1.85. The molecule has 2 nitrogen and oxygen atoms in total. The van der Waals surface area contributed by atoms with Gasteiger partial charge >= 0.3 is 0 Å². The lowest BCUT2D eigenvalue weighted by atomic mass is 9.99. The van der Waals surface area contributed by atoms with Crippen molar-refractivity contribution in [1.29, 1.82) is 0 Å². The summed E-state index contributed by atoms with van der Waals surface area (Å²) in [4.78, 5) is 12.5. The highest BCUT2D eigenvalue weighted by atomic mass is 19.1. The predicted octanol–water partition coefficient (Wildman–Crippen LogP) is 4.01. The second-order valence-electron chi connectivity index (χ2n) is 4.76. The Hall–Kier alpha value is -2.49. The first kappa shape index (κ1) is 13.5. The highest BCUT2D eigenvalue weighted by molar-refractivity contribution is 6.13. The summed E-state index contributed by atoms with van der Waals surface area (Å²) in [7, 11) is 0. The van der Waals surface area contributed by atoms with Crippen LogP contribution in [-0.4, -0.2) is 12.4 Å².